The first-order chi connectivity index (χ1) is 12.1. The van der Waals surface area contributed by atoms with Gasteiger partial charge in [-0.1, -0.05) is 12.1 Å². The molecule has 0 bridgehead atoms. The molecular formula is C18H17N5O2. The molecule has 3 aromatic rings. The molecule has 7 heteroatoms. The number of carbonyl (C=O) groups excluding carboxylic acids is 2. The molecule has 3 rings (SSSR count). The second-order valence-electron chi connectivity index (χ2n) is 5.46. The first-order valence-corrected chi connectivity index (χ1v) is 7.69. The van der Waals surface area contributed by atoms with Gasteiger partial charge in [-0.15, -0.1) is 0 Å². The highest BCUT2D eigenvalue weighted by Gasteiger charge is 2.13. The molecule has 2 amide bonds. The van der Waals surface area contributed by atoms with Crippen LogP contribution in [0.3, 0.4) is 0 Å². The topological polar surface area (TPSA) is 96.0 Å². The van der Waals surface area contributed by atoms with Crippen LogP contribution in [0.4, 0.5) is 11.4 Å². The molecule has 0 aliphatic rings. The number of benzene rings is 1. The summed E-state index contributed by atoms with van der Waals surface area (Å²) in [6, 6.07) is 10.6. The molecule has 0 aliphatic carbocycles. The van der Waals surface area contributed by atoms with Gasteiger partial charge in [-0.25, -0.2) is 0 Å². The predicted octanol–water partition coefficient (Wildman–Crippen LogP) is 2.65. The van der Waals surface area contributed by atoms with Gasteiger partial charge in [-0.3, -0.25) is 30.4 Å². The minimum atomic E-state index is -0.250. The minimum Gasteiger partial charge on any atom is -0.320 e. The summed E-state index contributed by atoms with van der Waals surface area (Å²) in [5.74, 6) is -0.457. The average molecular weight is 335 g/mol. The summed E-state index contributed by atoms with van der Waals surface area (Å²) in [7, 11) is 0. The molecule has 0 unspecified atom stereocenters. The van der Waals surface area contributed by atoms with Gasteiger partial charge in [-0.2, -0.15) is 0 Å². The van der Waals surface area contributed by atoms with Gasteiger partial charge < -0.3 is 5.32 Å². The van der Waals surface area contributed by atoms with Crippen molar-refractivity contribution in [3.05, 3.63) is 60.0 Å². The normalized spacial score (nSPS) is 10.3. The van der Waals surface area contributed by atoms with Gasteiger partial charge in [0.05, 0.1) is 22.5 Å². The van der Waals surface area contributed by atoms with Crippen molar-refractivity contribution in [1.82, 2.24) is 15.4 Å². The van der Waals surface area contributed by atoms with E-state index in [1.807, 2.05) is 12.1 Å². The average Bonchev–Trinajstić information content (AvgIpc) is 2.60. The number of anilines is 2. The van der Waals surface area contributed by atoms with E-state index < -0.39 is 0 Å². The van der Waals surface area contributed by atoms with Crippen LogP contribution in [0.15, 0.2) is 48.8 Å². The van der Waals surface area contributed by atoms with Crippen LogP contribution in [0.1, 0.15) is 23.0 Å². The Morgan fingerprint density at radius 2 is 1.80 bits per heavy atom. The van der Waals surface area contributed by atoms with Crippen molar-refractivity contribution >= 4 is 34.1 Å². The summed E-state index contributed by atoms with van der Waals surface area (Å²) >= 11 is 0. The molecule has 25 heavy (non-hydrogen) atoms. The summed E-state index contributed by atoms with van der Waals surface area (Å²) in [5, 5.41) is 3.65. The maximum atomic E-state index is 12.5. The monoisotopic (exact) mass is 335 g/mol. The highest BCUT2D eigenvalue weighted by Crippen LogP contribution is 2.27. The number of para-hydroxylation sites is 1. The Morgan fingerprint density at radius 3 is 2.56 bits per heavy atom. The van der Waals surface area contributed by atoms with Crippen molar-refractivity contribution in [1.29, 1.82) is 0 Å². The van der Waals surface area contributed by atoms with Gasteiger partial charge in [0.2, 0.25) is 5.91 Å². The first kappa shape index (κ1) is 16.4. The van der Waals surface area contributed by atoms with E-state index in [4.69, 9.17) is 0 Å². The van der Waals surface area contributed by atoms with Gasteiger partial charge in [0.1, 0.15) is 0 Å². The molecule has 0 atom stereocenters. The quantitative estimate of drug-likeness (QED) is 0.637. The van der Waals surface area contributed by atoms with Gasteiger partial charge in [0.15, 0.2) is 0 Å². The van der Waals surface area contributed by atoms with Gasteiger partial charge in [-0.05, 0) is 31.2 Å². The summed E-state index contributed by atoms with van der Waals surface area (Å²) < 4.78 is 0. The van der Waals surface area contributed by atoms with Crippen LogP contribution in [0.2, 0.25) is 0 Å². The highest BCUT2D eigenvalue weighted by molar-refractivity contribution is 6.10. The zero-order chi connectivity index (χ0) is 17.8. The van der Waals surface area contributed by atoms with E-state index in [0.29, 0.717) is 28.1 Å². The standard InChI is InChI=1S/C18H17N5O2/c1-11-13(6-4-9-19-11)18(25)21-16-7-3-5-14-15(23-22-12(2)24)8-10-20-17(14)16/h3-10H,1-2H3,(H,20,23)(H,21,25)(H,22,24). The van der Waals surface area contributed by atoms with Crippen molar-refractivity contribution in [3.8, 4) is 0 Å². The summed E-state index contributed by atoms with van der Waals surface area (Å²) in [6.07, 6.45) is 3.25. The molecule has 0 aliphatic heterocycles. The maximum Gasteiger partial charge on any atom is 0.257 e. The molecule has 1 aromatic carbocycles. The molecule has 2 heterocycles. The summed E-state index contributed by atoms with van der Waals surface area (Å²) in [6.45, 7) is 3.20. The Hall–Kier alpha value is -3.48. The van der Waals surface area contributed by atoms with E-state index in [0.717, 1.165) is 5.39 Å². The smallest absolute Gasteiger partial charge is 0.257 e. The third-order valence-corrected chi connectivity index (χ3v) is 3.64. The van der Waals surface area contributed by atoms with E-state index in [-0.39, 0.29) is 11.8 Å². The van der Waals surface area contributed by atoms with E-state index in [2.05, 4.69) is 26.1 Å². The van der Waals surface area contributed by atoms with Gasteiger partial charge in [0, 0.05) is 30.4 Å². The molecule has 0 saturated heterocycles. The van der Waals surface area contributed by atoms with Crippen LogP contribution in [0.5, 0.6) is 0 Å². The number of carbonyl (C=O) groups is 2. The lowest BCUT2D eigenvalue weighted by Gasteiger charge is -2.12. The molecule has 0 saturated carbocycles. The Bertz CT molecular complexity index is 955. The van der Waals surface area contributed by atoms with Crippen molar-refractivity contribution in [2.75, 3.05) is 10.7 Å². The second kappa shape index (κ2) is 6.96. The third-order valence-electron chi connectivity index (χ3n) is 3.64. The molecule has 7 nitrogen and oxygen atoms in total. The number of amides is 2. The lowest BCUT2D eigenvalue weighted by Crippen LogP contribution is -2.26. The zero-order valence-corrected chi connectivity index (χ0v) is 13.8. The van der Waals surface area contributed by atoms with Gasteiger partial charge in [0.25, 0.3) is 5.91 Å². The Labute approximate surface area is 144 Å². The van der Waals surface area contributed by atoms with Crippen LogP contribution >= 0.6 is 0 Å². The molecular weight excluding hydrogens is 318 g/mol. The number of nitrogens with zero attached hydrogens (tertiary/aromatic N) is 2. The number of nitrogens with one attached hydrogen (secondary N) is 3. The maximum absolute atomic E-state index is 12.5. The first-order valence-electron chi connectivity index (χ1n) is 7.69. The van der Waals surface area contributed by atoms with E-state index in [1.165, 1.54) is 6.92 Å². The van der Waals surface area contributed by atoms with Crippen molar-refractivity contribution in [2.24, 2.45) is 0 Å². The number of hydrazine groups is 1. The Balaban J connectivity index is 1.95. The molecule has 0 radical (unpaired) electrons. The fourth-order valence-electron chi connectivity index (χ4n) is 2.46. The summed E-state index contributed by atoms with van der Waals surface area (Å²) in [4.78, 5) is 32.1. The molecule has 3 N–H and O–H groups in total. The van der Waals surface area contributed by atoms with Crippen LogP contribution in [0.25, 0.3) is 10.9 Å². The number of rotatable bonds is 4. The number of fused-ring (bicyclic) bond motifs is 1. The number of aromatic nitrogens is 2. The lowest BCUT2D eigenvalue weighted by atomic mass is 10.1. The van der Waals surface area contributed by atoms with Gasteiger partial charge >= 0.3 is 0 Å². The SMILES string of the molecule is CC(=O)NNc1ccnc2c(NC(=O)c3cccnc3C)cccc12. The van der Waals surface area contributed by atoms with Crippen molar-refractivity contribution < 1.29 is 9.59 Å². The molecule has 0 fully saturated rings. The van der Waals surface area contributed by atoms with Crippen LogP contribution in [-0.4, -0.2) is 21.8 Å². The third kappa shape index (κ3) is 3.55. The van der Waals surface area contributed by atoms with E-state index in [9.17, 15) is 9.59 Å². The lowest BCUT2D eigenvalue weighted by molar-refractivity contribution is -0.118. The van der Waals surface area contributed by atoms with E-state index in [1.54, 1.807) is 43.6 Å². The number of hydrogen-bond acceptors (Lipinski definition) is 5. The predicted molar refractivity (Wildman–Crippen MR) is 96.1 cm³/mol. The van der Waals surface area contributed by atoms with Crippen molar-refractivity contribution in [3.63, 3.8) is 0 Å². The fraction of sp³-hybridized carbons (Fsp3) is 0.111. The second-order valence-corrected chi connectivity index (χ2v) is 5.46. The number of pyridine rings is 2. The molecule has 126 valence electrons. The zero-order valence-electron chi connectivity index (χ0n) is 13.8. The fourth-order valence-corrected chi connectivity index (χ4v) is 2.46. The molecule has 0 spiro atoms. The van der Waals surface area contributed by atoms with Crippen LogP contribution in [0, 0.1) is 6.92 Å². The summed E-state index contributed by atoms with van der Waals surface area (Å²) in [5.41, 5.74) is 8.43. The van der Waals surface area contributed by atoms with Crippen LogP contribution in [-0.2, 0) is 4.79 Å². The molecule has 2 aromatic heterocycles. The Morgan fingerprint density at radius 1 is 0.960 bits per heavy atom. The largest absolute Gasteiger partial charge is 0.320 e. The number of aryl methyl sites for hydroxylation is 1. The Kier molecular flexibility index (Phi) is 4.56. The number of hydrogen-bond donors (Lipinski definition) is 3. The van der Waals surface area contributed by atoms with Crippen LogP contribution < -0.4 is 16.2 Å². The minimum absolute atomic E-state index is 0.207. The van der Waals surface area contributed by atoms with E-state index >= 15 is 0 Å². The van der Waals surface area contributed by atoms with Crippen molar-refractivity contribution in [2.45, 2.75) is 13.8 Å². The highest BCUT2D eigenvalue weighted by atomic mass is 16.2.